The summed E-state index contributed by atoms with van der Waals surface area (Å²) < 4.78 is 1.09. The van der Waals surface area contributed by atoms with E-state index >= 15 is 0 Å². The second-order valence-electron chi connectivity index (χ2n) is 1.87. The summed E-state index contributed by atoms with van der Waals surface area (Å²) in [4.78, 5) is 0. The SMILES string of the molecule is CCCC(C)[I-]PC. The number of hydrogen-bond donors (Lipinski definition) is 0. The molecule has 0 amide bonds. The van der Waals surface area contributed by atoms with Crippen LogP contribution in [0.1, 0.15) is 26.7 Å². The Bertz CT molecular complexity index is 41.8. The molecule has 0 N–H and O–H groups in total. The van der Waals surface area contributed by atoms with Crippen molar-refractivity contribution in [2.45, 2.75) is 30.6 Å². The van der Waals surface area contributed by atoms with Crippen LogP contribution in [-0.4, -0.2) is 10.6 Å². The first-order valence-corrected chi connectivity index (χ1v) is 8.96. The van der Waals surface area contributed by atoms with Crippen molar-refractivity contribution in [2.75, 3.05) is 6.66 Å². The van der Waals surface area contributed by atoms with Crippen LogP contribution in [0.2, 0.25) is 0 Å². The number of halogens is 1. The van der Waals surface area contributed by atoms with Crippen LogP contribution in [0, 0.1) is 0 Å². The zero-order valence-corrected chi connectivity index (χ0v) is 9.03. The third kappa shape index (κ3) is 5.30. The van der Waals surface area contributed by atoms with Gasteiger partial charge in [0.1, 0.15) is 0 Å². The summed E-state index contributed by atoms with van der Waals surface area (Å²) >= 11 is 0.587. The van der Waals surface area contributed by atoms with Gasteiger partial charge in [0.15, 0.2) is 0 Å². The minimum atomic E-state index is 0.587. The topological polar surface area (TPSA) is 0 Å². The van der Waals surface area contributed by atoms with Crippen molar-refractivity contribution in [3.05, 3.63) is 0 Å². The number of hydrogen-bond acceptors (Lipinski definition) is 0. The van der Waals surface area contributed by atoms with Crippen LogP contribution in [-0.2, 0) is 0 Å². The second kappa shape index (κ2) is 6.28. The van der Waals surface area contributed by atoms with Crippen LogP contribution in [0.5, 0.6) is 0 Å². The van der Waals surface area contributed by atoms with Crippen LogP contribution < -0.4 is 20.7 Å². The van der Waals surface area contributed by atoms with Crippen molar-refractivity contribution in [1.29, 1.82) is 0 Å². The van der Waals surface area contributed by atoms with Crippen LogP contribution in [0.3, 0.4) is 0 Å². The first kappa shape index (κ1) is 9.16. The summed E-state index contributed by atoms with van der Waals surface area (Å²) in [6.45, 7) is 7.01. The van der Waals surface area contributed by atoms with E-state index in [-0.39, 0.29) is 0 Å². The summed E-state index contributed by atoms with van der Waals surface area (Å²) in [6, 6.07) is 0. The fraction of sp³-hybridized carbons (Fsp3) is 1.00. The van der Waals surface area contributed by atoms with Gasteiger partial charge in [0, 0.05) is 0 Å². The van der Waals surface area contributed by atoms with Gasteiger partial charge in [-0.1, -0.05) is 0 Å². The number of alkyl halides is 1. The van der Waals surface area contributed by atoms with Gasteiger partial charge in [-0.3, -0.25) is 0 Å². The molecule has 0 fully saturated rings. The van der Waals surface area contributed by atoms with Crippen LogP contribution in [0.4, 0.5) is 0 Å². The third-order valence-corrected chi connectivity index (χ3v) is 7.25. The second-order valence-corrected chi connectivity index (χ2v) is 9.69. The maximum atomic E-state index is 2.40. The van der Waals surface area contributed by atoms with Crippen molar-refractivity contribution >= 4 is 6.22 Å². The Hall–Kier alpha value is 1.16. The third-order valence-electron chi connectivity index (χ3n) is 0.982. The molecule has 0 aromatic carbocycles. The molecular formula is C6H15IP-. The standard InChI is InChI=1S/C6H15IP/c1-4-5-6(2)7-8-3/h6,8H,4-5H2,1-3H3/q-1. The molecule has 52 valence electrons. The zero-order valence-electron chi connectivity index (χ0n) is 5.87. The van der Waals surface area contributed by atoms with E-state index in [0.717, 1.165) is 3.92 Å². The molecule has 0 radical (unpaired) electrons. The van der Waals surface area contributed by atoms with E-state index in [1.807, 2.05) is 0 Å². The molecule has 2 atom stereocenters. The van der Waals surface area contributed by atoms with Crippen molar-refractivity contribution in [2.24, 2.45) is 0 Å². The van der Waals surface area contributed by atoms with Crippen molar-refractivity contribution in [1.82, 2.24) is 0 Å². The first-order chi connectivity index (χ1) is 3.81. The Morgan fingerprint density at radius 3 is 2.62 bits per heavy atom. The summed E-state index contributed by atoms with van der Waals surface area (Å²) in [7, 11) is 0. The molecule has 0 aromatic rings. The fourth-order valence-corrected chi connectivity index (χ4v) is 5.87. The summed E-state index contributed by atoms with van der Waals surface area (Å²) in [5, 5.41) is 0. The van der Waals surface area contributed by atoms with Gasteiger partial charge in [0.2, 0.25) is 0 Å². The van der Waals surface area contributed by atoms with Crippen LogP contribution in [0.25, 0.3) is 0 Å². The van der Waals surface area contributed by atoms with Gasteiger partial charge in [0.25, 0.3) is 0 Å². The van der Waals surface area contributed by atoms with Crippen molar-refractivity contribution in [3.8, 4) is 0 Å². The van der Waals surface area contributed by atoms with E-state index in [2.05, 4.69) is 20.5 Å². The molecule has 0 aliphatic rings. The molecule has 2 unspecified atom stereocenters. The van der Waals surface area contributed by atoms with E-state index in [9.17, 15) is 0 Å². The molecule has 0 aliphatic heterocycles. The average Bonchev–Trinajstić information content (AvgIpc) is 1.68. The van der Waals surface area contributed by atoms with Gasteiger partial charge in [-0.25, -0.2) is 0 Å². The van der Waals surface area contributed by atoms with Crippen molar-refractivity contribution in [3.63, 3.8) is 0 Å². The summed E-state index contributed by atoms with van der Waals surface area (Å²) in [5.41, 5.74) is 0. The fourth-order valence-electron chi connectivity index (χ4n) is 0.639. The van der Waals surface area contributed by atoms with Gasteiger partial charge >= 0.3 is 64.2 Å². The molecule has 0 rings (SSSR count). The van der Waals surface area contributed by atoms with Crippen molar-refractivity contribution < 1.29 is 20.7 Å². The molecule has 0 aliphatic carbocycles. The van der Waals surface area contributed by atoms with Gasteiger partial charge in [0.05, 0.1) is 0 Å². The Morgan fingerprint density at radius 2 is 2.25 bits per heavy atom. The van der Waals surface area contributed by atoms with Crippen LogP contribution >= 0.6 is 6.22 Å². The molecule has 0 heterocycles. The zero-order chi connectivity index (χ0) is 6.41. The Balaban J connectivity index is 2.92. The minimum absolute atomic E-state index is 0.587. The van der Waals surface area contributed by atoms with Gasteiger partial charge in [-0.2, -0.15) is 0 Å². The Kier molecular flexibility index (Phi) is 7.19. The molecule has 2 heteroatoms. The summed E-state index contributed by atoms with van der Waals surface area (Å²) in [5.74, 6) is 0. The Morgan fingerprint density at radius 1 is 1.62 bits per heavy atom. The monoisotopic (exact) mass is 245 g/mol. The molecule has 0 nitrogen and oxygen atoms in total. The molecule has 8 heavy (non-hydrogen) atoms. The Labute approximate surface area is 64.2 Å². The maximum absolute atomic E-state index is 2.40. The normalized spacial score (nSPS) is 15.9. The van der Waals surface area contributed by atoms with E-state index in [1.165, 1.54) is 19.1 Å². The van der Waals surface area contributed by atoms with Gasteiger partial charge in [-0.05, 0) is 0 Å². The summed E-state index contributed by atoms with van der Waals surface area (Å²) in [6.07, 6.45) is 4.10. The van der Waals surface area contributed by atoms with E-state index in [0.29, 0.717) is 20.7 Å². The molecular weight excluding hydrogens is 230 g/mol. The van der Waals surface area contributed by atoms with Crippen LogP contribution in [0.15, 0.2) is 0 Å². The van der Waals surface area contributed by atoms with E-state index < -0.39 is 0 Å². The number of rotatable bonds is 4. The van der Waals surface area contributed by atoms with Gasteiger partial charge < -0.3 is 0 Å². The molecule has 0 aromatic heterocycles. The average molecular weight is 245 g/mol. The molecule has 0 spiro atoms. The molecule has 0 bridgehead atoms. The predicted molar refractivity (Wildman–Crippen MR) is 38.6 cm³/mol. The van der Waals surface area contributed by atoms with E-state index in [1.54, 1.807) is 0 Å². The predicted octanol–water partition coefficient (Wildman–Crippen LogP) is -0.513. The van der Waals surface area contributed by atoms with E-state index in [4.69, 9.17) is 0 Å². The van der Waals surface area contributed by atoms with Gasteiger partial charge in [-0.15, -0.1) is 0 Å². The first-order valence-electron chi connectivity index (χ1n) is 3.10. The molecule has 0 saturated heterocycles. The molecule has 0 saturated carbocycles. The quantitative estimate of drug-likeness (QED) is 0.355.